The Morgan fingerprint density at radius 2 is 1.59 bits per heavy atom. The summed E-state index contributed by atoms with van der Waals surface area (Å²) in [5.41, 5.74) is 1.65. The first-order valence-electron chi connectivity index (χ1n) is 33.2. The molecule has 3 N–H and O–H groups in total. The number of esters is 2. The molecule has 1 aromatic heterocycles. The lowest BCUT2D eigenvalue weighted by Gasteiger charge is -2.42. The van der Waals surface area contributed by atoms with Crippen molar-refractivity contribution in [2.75, 3.05) is 41.0 Å². The minimum absolute atomic E-state index is 0.0193. The van der Waals surface area contributed by atoms with Crippen LogP contribution in [0.1, 0.15) is 178 Å². The average Bonchev–Trinajstić information content (AvgIpc) is 1.20. The number of fused-ring (bicyclic) bond motifs is 3. The highest BCUT2D eigenvalue weighted by Gasteiger charge is 2.53. The van der Waals surface area contributed by atoms with Gasteiger partial charge in [-0.1, -0.05) is 97.9 Å². The van der Waals surface area contributed by atoms with Gasteiger partial charge in [0.2, 0.25) is 11.6 Å². The summed E-state index contributed by atoms with van der Waals surface area (Å²) in [7, 11) is 4.52. The van der Waals surface area contributed by atoms with Gasteiger partial charge in [0.1, 0.15) is 36.2 Å². The molecule has 5 heterocycles. The lowest BCUT2D eigenvalue weighted by Crippen LogP contribution is -2.61. The summed E-state index contributed by atoms with van der Waals surface area (Å²) in [5, 5.41) is 33.8. The molecule has 16 atom stereocenters. The Morgan fingerprint density at radius 1 is 0.857 bits per heavy atom. The third-order valence-electron chi connectivity index (χ3n) is 19.5. The second-order valence-corrected chi connectivity index (χ2v) is 26.9. The van der Waals surface area contributed by atoms with Gasteiger partial charge in [0.25, 0.3) is 17.6 Å². The second-order valence-electron chi connectivity index (χ2n) is 26.9. The van der Waals surface area contributed by atoms with Crippen molar-refractivity contribution in [3.05, 3.63) is 77.7 Å². The number of piperidine rings is 1. The Morgan fingerprint density at radius 3 is 2.26 bits per heavy atom. The van der Waals surface area contributed by atoms with E-state index < -0.39 is 113 Å². The number of Topliss-reactive ketones (excluding diaryl/α,β-unsaturated/α-hetero) is 4. The number of aryl methyl sites for hydroxylation is 1. The Kier molecular flexibility index (Phi) is 30.2. The van der Waals surface area contributed by atoms with Gasteiger partial charge in [-0.2, -0.15) is 0 Å². The fraction of sp³-hybridized carbons (Fsp3) is 0.704. The van der Waals surface area contributed by atoms with Crippen molar-refractivity contribution in [3.8, 4) is 0 Å². The summed E-state index contributed by atoms with van der Waals surface area (Å²) in [5.74, 6) is -9.37. The Balaban J connectivity index is 0.000000480. The van der Waals surface area contributed by atoms with Crippen molar-refractivity contribution >= 4 is 46.9 Å². The number of hydrogen-bond acceptors (Lipinski definition) is 18. The van der Waals surface area contributed by atoms with Crippen LogP contribution in [-0.4, -0.2) is 179 Å². The van der Waals surface area contributed by atoms with Crippen LogP contribution in [-0.2, 0) is 73.2 Å². The molecule has 20 heteroatoms. The minimum atomic E-state index is -2.43. The van der Waals surface area contributed by atoms with Crippen molar-refractivity contribution in [2.45, 2.75) is 239 Å². The van der Waals surface area contributed by atoms with Crippen molar-refractivity contribution in [1.82, 2.24) is 14.8 Å². The van der Waals surface area contributed by atoms with Crippen molar-refractivity contribution in [3.63, 3.8) is 0 Å². The number of ether oxygens (including phenoxy) is 6. The lowest BCUT2D eigenvalue weighted by molar-refractivity contribution is -0.265. The first-order chi connectivity index (χ1) is 43.1. The Bertz CT molecular complexity index is 2730. The molecule has 2 bridgehead atoms. The van der Waals surface area contributed by atoms with Crippen LogP contribution >= 0.6 is 0 Å². The number of nitrogens with zero attached hydrogens (tertiary/aromatic N) is 3. The molecule has 1 unspecified atom stereocenters. The minimum Gasteiger partial charge on any atom is -0.464 e. The van der Waals surface area contributed by atoms with Crippen LogP contribution in [0.2, 0.25) is 0 Å². The number of methoxy groups -OCH3 is 3. The number of carbonyl (C=O) groups excluding carboxylic acids is 8. The van der Waals surface area contributed by atoms with E-state index in [1.165, 1.54) is 16.9 Å². The maximum absolute atomic E-state index is 14.4. The molecule has 508 valence electrons. The summed E-state index contributed by atoms with van der Waals surface area (Å²) in [6.07, 6.45) is 18.0. The standard InChI is InChI=1S/C51H79NO13.C20H28N2O4/c1-30-16-12-11-13-17-31(2)42(61-8)28-38-21-19-36(7)51(60,65-38)48(57)49(58)52-23-15-14-18-39(52)50(59)64-43(33(4)26-37-20-22-40(53)44(27-37)62-9)29-41(54)32(3)25-35(6)46(56)47(63-10)45(55)34(5)24-30;1-4-20(2,3)17(23)18(24)22-12-6-10-16(22)19(25)26-13-7-9-15-8-5-11-21-14-15/h11-13,16-17,25,30,32-34,36-40,42-44,46-47,53,56,60H,14-15,18-24,26-29H2,1-10H3;5,8,11,14,16H,4,6-7,9-10,12-13H2,1-3H3/b13-11+,16-12+,31-17+,35-25+;/t30-,32-,33-,34-,36-,37+,38+,39+,40-,42+,43+,44-,46-,47+,51-;/m1./s1. The highest BCUT2D eigenvalue weighted by Crippen LogP contribution is 2.38. The van der Waals surface area contributed by atoms with Gasteiger partial charge in [-0.05, 0) is 151 Å². The quantitative estimate of drug-likeness (QED) is 0.0679. The monoisotopic (exact) mass is 1270 g/mol. The van der Waals surface area contributed by atoms with Crippen LogP contribution in [0.15, 0.2) is 72.1 Å². The molecule has 0 radical (unpaired) electrons. The van der Waals surface area contributed by atoms with Crippen LogP contribution in [0.5, 0.6) is 0 Å². The smallest absolute Gasteiger partial charge is 0.329 e. The number of aromatic nitrogens is 1. The number of aliphatic hydroxyl groups excluding tert-OH is 2. The number of amides is 2. The van der Waals surface area contributed by atoms with Crippen LogP contribution in [0.4, 0.5) is 0 Å². The Hall–Kier alpha value is -5.61. The van der Waals surface area contributed by atoms with Gasteiger partial charge in [0.05, 0.1) is 31.0 Å². The van der Waals surface area contributed by atoms with Crippen LogP contribution < -0.4 is 0 Å². The van der Waals surface area contributed by atoms with Crippen molar-refractivity contribution in [1.29, 1.82) is 0 Å². The summed E-state index contributed by atoms with van der Waals surface area (Å²) in [6, 6.07) is 2.07. The fourth-order valence-corrected chi connectivity index (χ4v) is 13.0. The summed E-state index contributed by atoms with van der Waals surface area (Å²) in [4.78, 5) is 115. The van der Waals surface area contributed by atoms with Crippen molar-refractivity contribution in [2.24, 2.45) is 40.9 Å². The molecule has 1 aliphatic carbocycles. The van der Waals surface area contributed by atoms with Crippen LogP contribution in [0.3, 0.4) is 0 Å². The highest BCUT2D eigenvalue weighted by molar-refractivity contribution is 6.39. The largest absolute Gasteiger partial charge is 0.464 e. The molecule has 1 saturated carbocycles. The lowest BCUT2D eigenvalue weighted by atomic mass is 9.78. The predicted molar refractivity (Wildman–Crippen MR) is 342 cm³/mol. The zero-order chi connectivity index (χ0) is 67.3. The molecule has 6 rings (SSSR count). The number of pyridine rings is 1. The molecule has 0 spiro atoms. The molecule has 4 aliphatic heterocycles. The average molecular weight is 1270 g/mol. The summed E-state index contributed by atoms with van der Waals surface area (Å²) in [6.45, 7) is 18.9. The first kappa shape index (κ1) is 76.1. The maximum Gasteiger partial charge on any atom is 0.329 e. The van der Waals surface area contributed by atoms with Crippen LogP contribution in [0, 0.1) is 40.9 Å². The van der Waals surface area contributed by atoms with E-state index in [1.54, 1.807) is 67.3 Å². The van der Waals surface area contributed by atoms with Gasteiger partial charge < -0.3 is 53.5 Å². The predicted octanol–water partition coefficient (Wildman–Crippen LogP) is 8.73. The molecular formula is C71H107N3O17. The van der Waals surface area contributed by atoms with Gasteiger partial charge in [-0.3, -0.25) is 33.8 Å². The molecule has 0 aromatic carbocycles. The van der Waals surface area contributed by atoms with E-state index in [0.717, 1.165) is 24.0 Å². The number of ketones is 4. The SMILES string of the molecule is CCC(C)(C)C(=O)C(=O)N1CCCC1C(=O)OCCCc1cccnc1.CO[C@H]1C[C@@H]2CC[C@@H](C)[C@@](O)(O2)C(=O)C(=O)N2CCCC[C@H]2C(=O)O[C@H]([C@H](C)C[C@@H]2CC[C@@H](O)[C@H](OC)C2)CC(=O)[C@H](C)/C=C(\C)[C@@H](O)[C@@H](OC)C(=O)[C@H](C)C[C@H](C)/C=C/C=C/C=C/1C. The van der Waals surface area contributed by atoms with Crippen molar-refractivity contribution < 1.29 is 82.1 Å². The van der Waals surface area contributed by atoms with Gasteiger partial charge >= 0.3 is 11.9 Å². The number of allylic oxidation sites excluding steroid dienone is 6. The number of hydrogen-bond donors (Lipinski definition) is 3. The normalized spacial score (nSPS) is 33.8. The molecule has 1 aromatic rings. The van der Waals surface area contributed by atoms with Gasteiger partial charge in [-0.25, -0.2) is 9.59 Å². The van der Waals surface area contributed by atoms with E-state index in [0.29, 0.717) is 102 Å². The topological polar surface area (TPSA) is 272 Å². The van der Waals surface area contributed by atoms with E-state index in [-0.39, 0.29) is 54.8 Å². The number of rotatable bonds is 14. The van der Waals surface area contributed by atoms with E-state index in [2.05, 4.69) is 4.98 Å². The highest BCUT2D eigenvalue weighted by atomic mass is 16.6. The molecular weight excluding hydrogens is 1170 g/mol. The Labute approximate surface area is 540 Å². The molecule has 20 nitrogen and oxygen atoms in total. The third-order valence-corrected chi connectivity index (χ3v) is 19.5. The van der Waals surface area contributed by atoms with E-state index >= 15 is 0 Å². The van der Waals surface area contributed by atoms with E-state index in [4.69, 9.17) is 28.4 Å². The number of aliphatic hydroxyl groups is 3. The fourth-order valence-electron chi connectivity index (χ4n) is 13.0. The third kappa shape index (κ3) is 21.2. The van der Waals surface area contributed by atoms with Gasteiger partial charge in [0, 0.05) is 82.8 Å². The summed E-state index contributed by atoms with van der Waals surface area (Å²) < 4.78 is 34.7. The zero-order valence-corrected chi connectivity index (χ0v) is 56.5. The molecule has 2 amide bonds. The molecule has 91 heavy (non-hydrogen) atoms. The number of likely N-dealkylation sites (tertiary alicyclic amines) is 1. The molecule has 3 saturated heterocycles. The second kappa shape index (κ2) is 36.2. The summed E-state index contributed by atoms with van der Waals surface area (Å²) >= 11 is 0. The van der Waals surface area contributed by atoms with E-state index in [1.807, 2.05) is 77.1 Å². The number of carbonyl (C=O) groups is 8. The maximum atomic E-state index is 14.4. The molecule has 5 aliphatic rings. The first-order valence-corrected chi connectivity index (χ1v) is 33.2. The molecule has 4 fully saturated rings. The van der Waals surface area contributed by atoms with E-state index in [9.17, 15) is 53.7 Å². The van der Waals surface area contributed by atoms with Crippen LogP contribution in [0.25, 0.3) is 0 Å². The van der Waals surface area contributed by atoms with Gasteiger partial charge in [0.15, 0.2) is 5.78 Å². The van der Waals surface area contributed by atoms with Gasteiger partial charge in [-0.15, -0.1) is 0 Å². The zero-order valence-electron chi connectivity index (χ0n) is 56.5. The number of cyclic esters (lactones) is 1.